The molecule has 11 heteroatoms. The van der Waals surface area contributed by atoms with E-state index in [2.05, 4.69) is 9.48 Å². The number of carbonyl (C=O) groups excluding carboxylic acids is 1. The van der Waals surface area contributed by atoms with Crippen LogP contribution in [0.3, 0.4) is 0 Å². The van der Waals surface area contributed by atoms with Gasteiger partial charge in [-0.25, -0.2) is 22.5 Å². The molecule has 0 spiro atoms. The highest BCUT2D eigenvalue weighted by atomic mass is 19.2. The number of benzene rings is 3. The summed E-state index contributed by atoms with van der Waals surface area (Å²) in [6.07, 6.45) is 2.03. The topological polar surface area (TPSA) is 107 Å². The van der Waals surface area contributed by atoms with E-state index >= 15 is 13.2 Å². The van der Waals surface area contributed by atoms with E-state index in [0.717, 1.165) is 50.1 Å². The summed E-state index contributed by atoms with van der Waals surface area (Å²) in [4.78, 5) is 27.5. The number of esters is 1. The summed E-state index contributed by atoms with van der Waals surface area (Å²) in [7, 11) is 0. The summed E-state index contributed by atoms with van der Waals surface area (Å²) in [6.45, 7) is 7.82. The lowest BCUT2D eigenvalue weighted by molar-refractivity contribution is -0.155. The Morgan fingerprint density at radius 1 is 1.02 bits per heavy atom. The predicted octanol–water partition coefficient (Wildman–Crippen LogP) is 5.65. The van der Waals surface area contributed by atoms with Crippen molar-refractivity contribution in [2.24, 2.45) is 0 Å². The van der Waals surface area contributed by atoms with Crippen LogP contribution in [0.25, 0.3) is 33.4 Å². The summed E-state index contributed by atoms with van der Waals surface area (Å²) in [5.74, 6) is -10.6. The fourth-order valence-corrected chi connectivity index (χ4v) is 5.64. The number of hydrogen-bond donors (Lipinski definition) is 1. The van der Waals surface area contributed by atoms with Gasteiger partial charge in [0.2, 0.25) is 5.36 Å². The third-order valence-electron chi connectivity index (χ3n) is 8.01. The van der Waals surface area contributed by atoms with Crippen molar-refractivity contribution in [2.75, 3.05) is 31.1 Å². The number of aromatic carboxylic acids is 1. The quantitative estimate of drug-likeness (QED) is 0.136. The Morgan fingerprint density at radius 2 is 1.75 bits per heavy atom. The highest BCUT2D eigenvalue weighted by Gasteiger charge is 2.39. The van der Waals surface area contributed by atoms with Crippen LogP contribution in [0.4, 0.5) is 18.9 Å². The number of anilines is 1. The highest BCUT2D eigenvalue weighted by molar-refractivity contribution is 6.08. The first-order valence-electron chi connectivity index (χ1n) is 14.3. The predicted molar refractivity (Wildman–Crippen MR) is 156 cm³/mol. The molecule has 1 atom stereocenters. The van der Waals surface area contributed by atoms with Crippen molar-refractivity contribution in [1.29, 1.82) is 5.26 Å². The lowest BCUT2D eigenvalue weighted by Crippen LogP contribution is -2.40. The molecule has 0 saturated carbocycles. The van der Waals surface area contributed by atoms with E-state index < -0.39 is 57.6 Å². The number of fused-ring (bicyclic) bond motifs is 2. The second kappa shape index (κ2) is 10.7. The molecule has 0 bridgehead atoms. The van der Waals surface area contributed by atoms with E-state index in [9.17, 15) is 20.0 Å². The number of nitriles is 1. The fourth-order valence-electron chi connectivity index (χ4n) is 5.64. The average molecular weight is 605 g/mol. The lowest BCUT2D eigenvalue weighted by atomic mass is 9.86. The minimum absolute atomic E-state index is 0.0671. The van der Waals surface area contributed by atoms with Crippen molar-refractivity contribution < 1.29 is 37.0 Å². The lowest BCUT2D eigenvalue weighted by Gasteiger charge is -2.33. The minimum atomic E-state index is -2.22. The molecular weight excluding hydrogens is 575 g/mol. The van der Waals surface area contributed by atoms with Gasteiger partial charge >= 0.3 is 11.9 Å². The second-order valence-corrected chi connectivity index (χ2v) is 12.0. The molecule has 3 aliphatic heterocycles. The number of nitrogens with zero attached hydrogens (tertiary/aromatic N) is 3. The van der Waals surface area contributed by atoms with Crippen molar-refractivity contribution >= 4 is 28.6 Å². The van der Waals surface area contributed by atoms with E-state index in [4.69, 9.17) is 9.15 Å². The van der Waals surface area contributed by atoms with Gasteiger partial charge < -0.3 is 19.2 Å². The zero-order chi connectivity index (χ0) is 31.5. The summed E-state index contributed by atoms with van der Waals surface area (Å²) in [6, 6.07) is 11.8. The summed E-state index contributed by atoms with van der Waals surface area (Å²) in [5, 5.41) is 21.0. The number of carboxylic acid groups (broad SMARTS) is 1. The SMILES string of the molecule is CC(C)(C)OC(=O)C(C#N)c1c(F)c(F)c(C(=O)O)c(-c2c3ccc(=[N+]4CCC4)cc-3oc3cc(N4CCC4)ccc23)c1F. The molecule has 2 saturated heterocycles. The Kier molecular flexibility index (Phi) is 7.11. The first-order chi connectivity index (χ1) is 20.9. The molecule has 8 nitrogen and oxygen atoms in total. The molecular formula is C33H29F3N3O5+. The van der Waals surface area contributed by atoms with Gasteiger partial charge in [-0.2, -0.15) is 5.26 Å². The van der Waals surface area contributed by atoms with Crippen molar-refractivity contribution in [1.82, 2.24) is 4.58 Å². The van der Waals surface area contributed by atoms with E-state index in [1.165, 1.54) is 26.8 Å². The molecule has 2 aromatic rings. The highest BCUT2D eigenvalue weighted by Crippen LogP contribution is 2.46. The maximum absolute atomic E-state index is 16.8. The molecule has 2 aromatic carbocycles. The molecule has 1 unspecified atom stereocenters. The van der Waals surface area contributed by atoms with Crippen LogP contribution in [-0.4, -0.2) is 48.8 Å². The number of hydrogen-bond acceptors (Lipinski definition) is 6. The van der Waals surface area contributed by atoms with Crippen LogP contribution in [0.1, 0.15) is 55.5 Å². The minimum Gasteiger partial charge on any atom is -0.478 e. The summed E-state index contributed by atoms with van der Waals surface area (Å²) in [5.41, 5.74) is -3.15. The van der Waals surface area contributed by atoms with Crippen LogP contribution in [-0.2, 0) is 9.53 Å². The Morgan fingerprint density at radius 3 is 2.32 bits per heavy atom. The molecule has 1 aliphatic carbocycles. The zero-order valence-corrected chi connectivity index (χ0v) is 24.3. The van der Waals surface area contributed by atoms with Crippen LogP contribution < -0.4 is 14.8 Å². The number of carbonyl (C=O) groups is 2. The Bertz CT molecular complexity index is 1940. The van der Waals surface area contributed by atoms with E-state index in [1.807, 2.05) is 0 Å². The number of rotatable bonds is 5. The number of carboxylic acids is 1. The van der Waals surface area contributed by atoms with Gasteiger partial charge in [0, 0.05) is 53.0 Å². The molecule has 0 amide bonds. The van der Waals surface area contributed by atoms with Gasteiger partial charge in [0.25, 0.3) is 0 Å². The van der Waals surface area contributed by atoms with Crippen LogP contribution in [0.15, 0.2) is 40.8 Å². The maximum Gasteiger partial charge on any atom is 0.339 e. The van der Waals surface area contributed by atoms with Gasteiger partial charge in [-0.05, 0) is 45.4 Å². The van der Waals surface area contributed by atoms with Gasteiger partial charge in [-0.3, -0.25) is 4.79 Å². The molecule has 0 aromatic heterocycles. The Hall–Kier alpha value is -4.85. The van der Waals surface area contributed by atoms with Gasteiger partial charge in [0.1, 0.15) is 41.4 Å². The molecule has 0 radical (unpaired) electrons. The molecule has 4 aliphatic rings. The Labute approximate surface area is 250 Å². The van der Waals surface area contributed by atoms with Crippen molar-refractivity contribution in [3.05, 3.63) is 70.3 Å². The first-order valence-corrected chi connectivity index (χ1v) is 14.3. The third-order valence-corrected chi connectivity index (χ3v) is 8.01. The van der Waals surface area contributed by atoms with Gasteiger partial charge in [0.15, 0.2) is 17.6 Å². The monoisotopic (exact) mass is 604 g/mol. The van der Waals surface area contributed by atoms with Gasteiger partial charge in [-0.15, -0.1) is 0 Å². The Balaban J connectivity index is 1.71. The molecule has 1 N–H and O–H groups in total. The standard InChI is InChI=1S/C33H28F3N3O5/c1-33(2,3)44-32(42)21(16-37)25-28(34)26(27(31(40)41)30(36)29(25)35)24-19-8-6-17(38-10-4-11-38)14-22(19)43-23-15-18(7-9-20(23)24)39-12-5-13-39/h6-9,14-15,21H,4-5,10-13H2,1-3H3/p+1. The molecule has 3 heterocycles. The van der Waals surface area contributed by atoms with Crippen LogP contribution >= 0.6 is 0 Å². The normalized spacial score (nSPS) is 15.5. The number of ether oxygens (including phenoxy) is 1. The third kappa shape index (κ3) is 4.84. The second-order valence-electron chi connectivity index (χ2n) is 12.0. The van der Waals surface area contributed by atoms with Crippen LogP contribution in [0.5, 0.6) is 0 Å². The maximum atomic E-state index is 16.8. The van der Waals surface area contributed by atoms with E-state index in [0.29, 0.717) is 0 Å². The first kappa shape index (κ1) is 29.2. The molecule has 226 valence electrons. The largest absolute Gasteiger partial charge is 0.478 e. The summed E-state index contributed by atoms with van der Waals surface area (Å²) >= 11 is 0. The van der Waals surface area contributed by atoms with Crippen LogP contribution in [0.2, 0.25) is 0 Å². The fraction of sp³-hybridized carbons (Fsp3) is 0.333. The van der Waals surface area contributed by atoms with E-state index in [1.54, 1.807) is 36.4 Å². The van der Waals surface area contributed by atoms with Gasteiger partial charge in [0.05, 0.1) is 24.1 Å². The summed E-state index contributed by atoms with van der Waals surface area (Å²) < 4.78 is 61.7. The zero-order valence-electron chi connectivity index (χ0n) is 24.3. The van der Waals surface area contributed by atoms with Crippen molar-refractivity contribution in [2.45, 2.75) is 45.1 Å². The molecule has 6 rings (SSSR count). The van der Waals surface area contributed by atoms with Gasteiger partial charge in [-0.1, -0.05) is 0 Å². The smallest absolute Gasteiger partial charge is 0.339 e. The van der Waals surface area contributed by atoms with Crippen molar-refractivity contribution in [3.8, 4) is 28.5 Å². The van der Waals surface area contributed by atoms with Crippen molar-refractivity contribution in [3.63, 3.8) is 0 Å². The van der Waals surface area contributed by atoms with E-state index in [-0.39, 0.29) is 27.9 Å². The average Bonchev–Trinajstić information content (AvgIpc) is 2.88. The molecule has 2 fully saturated rings. The molecule has 44 heavy (non-hydrogen) atoms. The van der Waals surface area contributed by atoms with Crippen LogP contribution in [0, 0.1) is 28.8 Å². The number of halogens is 3.